The van der Waals surface area contributed by atoms with Crippen LogP contribution in [0.2, 0.25) is 0 Å². The van der Waals surface area contributed by atoms with Crippen molar-refractivity contribution in [2.24, 2.45) is 11.3 Å². The molecule has 86 valence electrons. The second-order valence-electron chi connectivity index (χ2n) is 5.41. The van der Waals surface area contributed by atoms with E-state index >= 15 is 0 Å². The van der Waals surface area contributed by atoms with E-state index in [9.17, 15) is 0 Å². The van der Waals surface area contributed by atoms with E-state index in [1.54, 1.807) is 0 Å². The maximum absolute atomic E-state index is 5.46. The molecule has 1 aliphatic rings. The Morgan fingerprint density at radius 3 is 2.73 bits per heavy atom. The molecule has 0 heterocycles. The summed E-state index contributed by atoms with van der Waals surface area (Å²) in [6.07, 6.45) is 11.8. The van der Waals surface area contributed by atoms with Crippen molar-refractivity contribution in [2.45, 2.75) is 58.9 Å². The lowest BCUT2D eigenvalue weighted by atomic mass is 9.65. The van der Waals surface area contributed by atoms with Gasteiger partial charge in [-0.05, 0) is 30.7 Å². The van der Waals surface area contributed by atoms with Crippen molar-refractivity contribution in [1.29, 1.82) is 0 Å². The van der Waals surface area contributed by atoms with Gasteiger partial charge >= 0.3 is 0 Å². The van der Waals surface area contributed by atoms with Gasteiger partial charge in [0, 0.05) is 12.5 Å². The normalized spacial score (nSPS) is 26.9. The molecular formula is C14H25N. The molecule has 1 aliphatic carbocycles. The summed E-state index contributed by atoms with van der Waals surface area (Å²) in [5.41, 5.74) is 0.460. The zero-order valence-electron chi connectivity index (χ0n) is 10.5. The third-order valence-corrected chi connectivity index (χ3v) is 3.88. The summed E-state index contributed by atoms with van der Waals surface area (Å²) in [6.45, 7) is 7.99. The molecule has 0 bridgehead atoms. The average Bonchev–Trinajstić information content (AvgIpc) is 2.17. The van der Waals surface area contributed by atoms with Gasteiger partial charge in [0.25, 0.3) is 0 Å². The van der Waals surface area contributed by atoms with E-state index in [0.29, 0.717) is 11.5 Å². The molecule has 0 spiro atoms. The van der Waals surface area contributed by atoms with Crippen LogP contribution in [-0.4, -0.2) is 12.6 Å². The standard InChI is InChI=1S/C14H25N/c1-5-9-13(15-6-2)12-10-7-8-11-14(12,3)4/h1,12-13,15H,6-11H2,2-4H3. The smallest absolute Gasteiger partial charge is 0.0243 e. The minimum atomic E-state index is 0.460. The minimum absolute atomic E-state index is 0.460. The van der Waals surface area contributed by atoms with Gasteiger partial charge in [0.15, 0.2) is 0 Å². The SMILES string of the molecule is C#CCC(NCC)C1CCCCC1(C)C. The van der Waals surface area contributed by atoms with Crippen molar-refractivity contribution < 1.29 is 0 Å². The maximum atomic E-state index is 5.46. The Hall–Kier alpha value is -0.480. The molecule has 0 aliphatic heterocycles. The van der Waals surface area contributed by atoms with Crippen LogP contribution in [0.3, 0.4) is 0 Å². The molecule has 1 heteroatoms. The van der Waals surface area contributed by atoms with Gasteiger partial charge in [-0.1, -0.05) is 33.6 Å². The molecule has 1 fully saturated rings. The topological polar surface area (TPSA) is 12.0 Å². The molecule has 0 radical (unpaired) electrons. The van der Waals surface area contributed by atoms with Crippen LogP contribution < -0.4 is 5.32 Å². The zero-order chi connectivity index (χ0) is 11.3. The molecule has 1 N–H and O–H groups in total. The molecule has 2 atom stereocenters. The summed E-state index contributed by atoms with van der Waals surface area (Å²) in [6, 6.07) is 0.523. The van der Waals surface area contributed by atoms with Crippen LogP contribution in [0.4, 0.5) is 0 Å². The molecule has 1 rings (SSSR count). The van der Waals surface area contributed by atoms with Crippen molar-refractivity contribution in [1.82, 2.24) is 5.32 Å². The van der Waals surface area contributed by atoms with Crippen LogP contribution in [0.5, 0.6) is 0 Å². The predicted molar refractivity (Wildman–Crippen MR) is 66.7 cm³/mol. The van der Waals surface area contributed by atoms with Gasteiger partial charge < -0.3 is 5.32 Å². The third kappa shape index (κ3) is 3.24. The summed E-state index contributed by atoms with van der Waals surface area (Å²) in [5, 5.41) is 3.57. The number of hydrogen-bond donors (Lipinski definition) is 1. The Balaban J connectivity index is 2.67. The summed E-state index contributed by atoms with van der Waals surface area (Å²) >= 11 is 0. The molecular weight excluding hydrogens is 182 g/mol. The monoisotopic (exact) mass is 207 g/mol. The quantitative estimate of drug-likeness (QED) is 0.698. The Bertz CT molecular complexity index is 224. The summed E-state index contributed by atoms with van der Waals surface area (Å²) in [5.74, 6) is 3.58. The predicted octanol–water partition coefficient (Wildman–Crippen LogP) is 3.20. The van der Waals surface area contributed by atoms with Crippen LogP contribution in [0.15, 0.2) is 0 Å². The minimum Gasteiger partial charge on any atom is -0.313 e. The van der Waals surface area contributed by atoms with Gasteiger partial charge in [-0.15, -0.1) is 12.3 Å². The highest BCUT2D eigenvalue weighted by molar-refractivity contribution is 4.97. The maximum Gasteiger partial charge on any atom is 0.0243 e. The first-order chi connectivity index (χ1) is 7.11. The second-order valence-corrected chi connectivity index (χ2v) is 5.41. The van der Waals surface area contributed by atoms with Crippen molar-refractivity contribution in [2.75, 3.05) is 6.54 Å². The first-order valence-electron chi connectivity index (χ1n) is 6.28. The molecule has 1 saturated carbocycles. The van der Waals surface area contributed by atoms with E-state index in [-0.39, 0.29) is 0 Å². The number of rotatable bonds is 4. The molecule has 0 amide bonds. The number of terminal acetylenes is 1. The first kappa shape index (κ1) is 12.6. The third-order valence-electron chi connectivity index (χ3n) is 3.88. The average molecular weight is 207 g/mol. The number of nitrogens with one attached hydrogen (secondary N) is 1. The largest absolute Gasteiger partial charge is 0.313 e. The lowest BCUT2D eigenvalue weighted by molar-refractivity contribution is 0.101. The molecule has 15 heavy (non-hydrogen) atoms. The highest BCUT2D eigenvalue weighted by Gasteiger charge is 2.36. The van der Waals surface area contributed by atoms with E-state index in [1.807, 2.05) is 0 Å². The van der Waals surface area contributed by atoms with E-state index < -0.39 is 0 Å². The fourth-order valence-corrected chi connectivity index (χ4v) is 3.01. The molecule has 0 aromatic heterocycles. The van der Waals surface area contributed by atoms with Crippen LogP contribution in [-0.2, 0) is 0 Å². The van der Waals surface area contributed by atoms with E-state index in [4.69, 9.17) is 6.42 Å². The van der Waals surface area contributed by atoms with Crippen molar-refractivity contribution in [3.8, 4) is 12.3 Å². The van der Waals surface area contributed by atoms with Crippen LogP contribution >= 0.6 is 0 Å². The Labute approximate surface area is 95.0 Å². The lowest BCUT2D eigenvalue weighted by Crippen LogP contribution is -2.44. The Morgan fingerprint density at radius 2 is 2.20 bits per heavy atom. The van der Waals surface area contributed by atoms with Gasteiger partial charge in [0.1, 0.15) is 0 Å². The second kappa shape index (κ2) is 5.56. The van der Waals surface area contributed by atoms with Crippen molar-refractivity contribution in [3.05, 3.63) is 0 Å². The van der Waals surface area contributed by atoms with Crippen molar-refractivity contribution >= 4 is 0 Å². The summed E-state index contributed by atoms with van der Waals surface area (Å²) < 4.78 is 0. The zero-order valence-corrected chi connectivity index (χ0v) is 10.5. The fraction of sp³-hybridized carbons (Fsp3) is 0.857. The molecule has 1 nitrogen and oxygen atoms in total. The summed E-state index contributed by atoms with van der Waals surface area (Å²) in [7, 11) is 0. The van der Waals surface area contributed by atoms with Gasteiger partial charge in [-0.2, -0.15) is 0 Å². The van der Waals surface area contributed by atoms with Gasteiger partial charge in [0.2, 0.25) is 0 Å². The van der Waals surface area contributed by atoms with Gasteiger partial charge in [-0.3, -0.25) is 0 Å². The van der Waals surface area contributed by atoms with Crippen LogP contribution in [0, 0.1) is 23.7 Å². The lowest BCUT2D eigenvalue weighted by Gasteiger charge is -2.43. The Morgan fingerprint density at radius 1 is 1.47 bits per heavy atom. The highest BCUT2D eigenvalue weighted by atomic mass is 14.9. The number of hydrogen-bond acceptors (Lipinski definition) is 1. The molecule has 0 aromatic rings. The van der Waals surface area contributed by atoms with E-state index in [0.717, 1.165) is 18.9 Å². The van der Waals surface area contributed by atoms with Gasteiger partial charge in [0.05, 0.1) is 0 Å². The van der Waals surface area contributed by atoms with Crippen LogP contribution in [0.1, 0.15) is 52.9 Å². The Kier molecular flexibility index (Phi) is 4.67. The highest BCUT2D eigenvalue weighted by Crippen LogP contribution is 2.42. The molecule has 0 aromatic carbocycles. The van der Waals surface area contributed by atoms with E-state index in [2.05, 4.69) is 32.0 Å². The van der Waals surface area contributed by atoms with E-state index in [1.165, 1.54) is 25.7 Å². The fourth-order valence-electron chi connectivity index (χ4n) is 3.01. The molecule has 0 saturated heterocycles. The molecule has 2 unspecified atom stereocenters. The van der Waals surface area contributed by atoms with Crippen molar-refractivity contribution in [3.63, 3.8) is 0 Å². The van der Waals surface area contributed by atoms with Crippen LogP contribution in [0.25, 0.3) is 0 Å². The van der Waals surface area contributed by atoms with Gasteiger partial charge in [-0.25, -0.2) is 0 Å². The first-order valence-corrected chi connectivity index (χ1v) is 6.28. The summed E-state index contributed by atoms with van der Waals surface area (Å²) in [4.78, 5) is 0.